The average Bonchev–Trinajstić information content (AvgIpc) is 2.64. The fourth-order valence-corrected chi connectivity index (χ4v) is 3.29. The quantitative estimate of drug-likeness (QED) is 0.699. The third kappa shape index (κ3) is 3.30. The van der Waals surface area contributed by atoms with Gasteiger partial charge in [-0.05, 0) is 55.2 Å². The Morgan fingerprint density at radius 2 is 2.00 bits per heavy atom. The lowest BCUT2D eigenvalue weighted by Gasteiger charge is -2.29. The highest BCUT2D eigenvalue weighted by molar-refractivity contribution is 6.31. The number of nitrogens with one attached hydrogen (secondary N) is 1. The highest BCUT2D eigenvalue weighted by Crippen LogP contribution is 2.32. The molecule has 0 aliphatic carbocycles. The molecule has 1 N–H and O–H groups in total. The van der Waals surface area contributed by atoms with E-state index in [1.807, 2.05) is 31.2 Å². The highest BCUT2D eigenvalue weighted by atomic mass is 35.5. The summed E-state index contributed by atoms with van der Waals surface area (Å²) in [5.41, 5.74) is 4.52. The van der Waals surface area contributed by atoms with Gasteiger partial charge in [-0.3, -0.25) is 0 Å². The molecule has 0 unspecified atom stereocenters. The van der Waals surface area contributed by atoms with E-state index in [1.54, 1.807) is 6.20 Å². The minimum atomic E-state index is 0.718. The first-order valence-corrected chi connectivity index (χ1v) is 8.80. The number of anilines is 4. The predicted octanol–water partition coefficient (Wildman–Crippen LogP) is 5.27. The molecule has 4 rings (SSSR count). The lowest BCUT2D eigenvalue weighted by atomic mass is 10.0. The van der Waals surface area contributed by atoms with Crippen LogP contribution in [0.15, 0.2) is 54.7 Å². The molecular weight excluding hydrogens is 332 g/mol. The van der Waals surface area contributed by atoms with Gasteiger partial charge in [0.2, 0.25) is 5.95 Å². The zero-order valence-corrected chi connectivity index (χ0v) is 14.8. The first-order chi connectivity index (χ1) is 12.2. The number of hydrogen-bond donors (Lipinski definition) is 1. The van der Waals surface area contributed by atoms with E-state index in [0.717, 1.165) is 47.4 Å². The van der Waals surface area contributed by atoms with Crippen LogP contribution in [-0.2, 0) is 6.42 Å². The normalized spacial score (nSPS) is 13.4. The first kappa shape index (κ1) is 15.9. The van der Waals surface area contributed by atoms with Crippen LogP contribution >= 0.6 is 11.6 Å². The SMILES string of the molecule is Cc1ccc(Nc2ccnc(N3CCCc4ccccc43)n2)cc1Cl. The van der Waals surface area contributed by atoms with E-state index < -0.39 is 0 Å². The van der Waals surface area contributed by atoms with Crippen LogP contribution in [0, 0.1) is 6.92 Å². The number of aromatic nitrogens is 2. The molecule has 1 aliphatic heterocycles. The van der Waals surface area contributed by atoms with Gasteiger partial charge in [0.05, 0.1) is 0 Å². The fourth-order valence-electron chi connectivity index (χ4n) is 3.11. The maximum Gasteiger partial charge on any atom is 0.231 e. The van der Waals surface area contributed by atoms with Gasteiger partial charge in [-0.1, -0.05) is 35.9 Å². The lowest BCUT2D eigenvalue weighted by molar-refractivity contribution is 0.751. The number of benzene rings is 2. The summed E-state index contributed by atoms with van der Waals surface area (Å²) in [6.07, 6.45) is 4.00. The van der Waals surface area contributed by atoms with Gasteiger partial charge in [0.25, 0.3) is 0 Å². The van der Waals surface area contributed by atoms with Crippen molar-refractivity contribution in [3.05, 3.63) is 70.9 Å². The van der Waals surface area contributed by atoms with Crippen molar-refractivity contribution in [1.82, 2.24) is 9.97 Å². The topological polar surface area (TPSA) is 41.1 Å². The van der Waals surface area contributed by atoms with Crippen LogP contribution in [0.3, 0.4) is 0 Å². The van der Waals surface area contributed by atoms with Crippen molar-refractivity contribution in [2.45, 2.75) is 19.8 Å². The zero-order chi connectivity index (χ0) is 17.2. The number of nitrogens with zero attached hydrogens (tertiary/aromatic N) is 3. The van der Waals surface area contributed by atoms with Crippen LogP contribution in [0.2, 0.25) is 5.02 Å². The van der Waals surface area contributed by atoms with Crippen LogP contribution in [-0.4, -0.2) is 16.5 Å². The molecule has 0 saturated carbocycles. The number of rotatable bonds is 3. The smallest absolute Gasteiger partial charge is 0.231 e. The van der Waals surface area contributed by atoms with Crippen molar-refractivity contribution in [1.29, 1.82) is 0 Å². The van der Waals surface area contributed by atoms with Gasteiger partial charge < -0.3 is 10.2 Å². The molecule has 126 valence electrons. The Hall–Kier alpha value is -2.59. The number of para-hydroxylation sites is 1. The third-order valence-electron chi connectivity index (χ3n) is 4.44. The van der Waals surface area contributed by atoms with E-state index in [4.69, 9.17) is 16.6 Å². The van der Waals surface area contributed by atoms with E-state index in [-0.39, 0.29) is 0 Å². The van der Waals surface area contributed by atoms with Crippen molar-refractivity contribution in [2.75, 3.05) is 16.8 Å². The molecule has 5 heteroatoms. The molecule has 0 spiro atoms. The molecule has 0 radical (unpaired) electrons. The monoisotopic (exact) mass is 350 g/mol. The molecule has 0 atom stereocenters. The molecular formula is C20H19ClN4. The van der Waals surface area contributed by atoms with E-state index in [9.17, 15) is 0 Å². The van der Waals surface area contributed by atoms with Crippen molar-refractivity contribution >= 4 is 34.7 Å². The maximum atomic E-state index is 6.21. The van der Waals surface area contributed by atoms with E-state index in [0.29, 0.717) is 0 Å². The average molecular weight is 351 g/mol. The van der Waals surface area contributed by atoms with Crippen LogP contribution in [0.4, 0.5) is 23.1 Å². The summed E-state index contributed by atoms with van der Waals surface area (Å²) >= 11 is 6.21. The third-order valence-corrected chi connectivity index (χ3v) is 4.85. The highest BCUT2D eigenvalue weighted by Gasteiger charge is 2.19. The molecule has 2 aromatic carbocycles. The fraction of sp³-hybridized carbons (Fsp3) is 0.200. The van der Waals surface area contributed by atoms with Gasteiger partial charge in [0, 0.05) is 29.1 Å². The largest absolute Gasteiger partial charge is 0.340 e. The molecule has 0 bridgehead atoms. The molecule has 4 nitrogen and oxygen atoms in total. The van der Waals surface area contributed by atoms with E-state index in [2.05, 4.69) is 39.5 Å². The summed E-state index contributed by atoms with van der Waals surface area (Å²) in [4.78, 5) is 11.4. The maximum absolute atomic E-state index is 6.21. The van der Waals surface area contributed by atoms with Crippen molar-refractivity contribution < 1.29 is 0 Å². The van der Waals surface area contributed by atoms with Crippen LogP contribution in [0.5, 0.6) is 0 Å². The number of aryl methyl sites for hydroxylation is 2. The second-order valence-corrected chi connectivity index (χ2v) is 6.62. The Labute approximate surface area is 152 Å². The molecule has 1 aromatic heterocycles. The Morgan fingerprint density at radius 3 is 2.88 bits per heavy atom. The predicted molar refractivity (Wildman–Crippen MR) is 103 cm³/mol. The summed E-state index contributed by atoms with van der Waals surface area (Å²) in [5.74, 6) is 1.48. The lowest BCUT2D eigenvalue weighted by Crippen LogP contribution is -2.26. The van der Waals surface area contributed by atoms with Crippen molar-refractivity contribution in [2.24, 2.45) is 0 Å². The van der Waals surface area contributed by atoms with Gasteiger partial charge in [0.1, 0.15) is 5.82 Å². The molecule has 0 amide bonds. The van der Waals surface area contributed by atoms with Crippen LogP contribution in [0.25, 0.3) is 0 Å². The first-order valence-electron chi connectivity index (χ1n) is 8.42. The number of fused-ring (bicyclic) bond motifs is 1. The summed E-state index contributed by atoms with van der Waals surface area (Å²) in [6, 6.07) is 16.2. The van der Waals surface area contributed by atoms with Gasteiger partial charge in [-0.2, -0.15) is 4.98 Å². The second-order valence-electron chi connectivity index (χ2n) is 6.21. The summed E-state index contributed by atoms with van der Waals surface area (Å²) < 4.78 is 0. The summed E-state index contributed by atoms with van der Waals surface area (Å²) in [7, 11) is 0. The molecule has 0 saturated heterocycles. The van der Waals surface area contributed by atoms with Crippen LogP contribution < -0.4 is 10.2 Å². The minimum absolute atomic E-state index is 0.718. The Balaban J connectivity index is 1.63. The van der Waals surface area contributed by atoms with Gasteiger partial charge in [-0.15, -0.1) is 0 Å². The van der Waals surface area contributed by atoms with Gasteiger partial charge in [0.15, 0.2) is 0 Å². The van der Waals surface area contributed by atoms with Gasteiger partial charge in [-0.25, -0.2) is 4.98 Å². The summed E-state index contributed by atoms with van der Waals surface area (Å²) in [5, 5.41) is 4.05. The van der Waals surface area contributed by atoms with Crippen LogP contribution in [0.1, 0.15) is 17.5 Å². The van der Waals surface area contributed by atoms with E-state index in [1.165, 1.54) is 11.3 Å². The Bertz CT molecular complexity index is 910. The standard InChI is InChI=1S/C20H19ClN4/c1-14-8-9-16(13-17(14)21)23-19-10-11-22-20(24-19)25-12-4-6-15-5-2-3-7-18(15)25/h2-3,5,7-11,13H,4,6,12H2,1H3,(H,22,23,24). The van der Waals surface area contributed by atoms with Gasteiger partial charge >= 0.3 is 0 Å². The second kappa shape index (κ2) is 6.73. The van der Waals surface area contributed by atoms with Crippen molar-refractivity contribution in [3.8, 4) is 0 Å². The molecule has 0 fully saturated rings. The molecule has 1 aliphatic rings. The minimum Gasteiger partial charge on any atom is -0.340 e. The van der Waals surface area contributed by atoms with E-state index >= 15 is 0 Å². The van der Waals surface area contributed by atoms with Crippen molar-refractivity contribution in [3.63, 3.8) is 0 Å². The number of halogens is 1. The number of hydrogen-bond acceptors (Lipinski definition) is 4. The molecule has 25 heavy (non-hydrogen) atoms. The molecule has 3 aromatic rings. The molecule has 2 heterocycles. The zero-order valence-electron chi connectivity index (χ0n) is 14.0. The Kier molecular flexibility index (Phi) is 4.28. The summed E-state index contributed by atoms with van der Waals surface area (Å²) in [6.45, 7) is 2.92. The Morgan fingerprint density at radius 1 is 1.12 bits per heavy atom.